The number of aliphatic carboxylic acids is 4. The molecule has 1 aromatic heterocycles. The predicted molar refractivity (Wildman–Crippen MR) is 139 cm³/mol. The first-order valence-corrected chi connectivity index (χ1v) is 12.1. The van der Waals surface area contributed by atoms with Crippen molar-refractivity contribution >= 4 is 23.9 Å². The molecular weight excluding hydrogens is 506 g/mol. The van der Waals surface area contributed by atoms with E-state index in [1.807, 2.05) is 24.3 Å². The Hall–Kier alpha value is -4.61. The molecule has 1 aliphatic rings. The number of pyridine rings is 1. The first-order chi connectivity index (χ1) is 18.6. The maximum atomic E-state index is 11.3. The number of hydrogen-bond donors (Lipinski definition) is 4. The summed E-state index contributed by atoms with van der Waals surface area (Å²) in [6, 6.07) is 17.6. The molecule has 202 valence electrons. The van der Waals surface area contributed by atoms with Crippen molar-refractivity contribution in [3.05, 3.63) is 77.1 Å². The second-order valence-electron chi connectivity index (χ2n) is 9.41. The molecular formula is C28H27N3O8. The van der Waals surface area contributed by atoms with Crippen molar-refractivity contribution in [3.63, 3.8) is 0 Å². The molecule has 0 aliphatic heterocycles. The fourth-order valence-corrected chi connectivity index (χ4v) is 4.86. The number of carboxylic acid groups (broad SMARTS) is 4. The molecule has 0 saturated heterocycles. The minimum Gasteiger partial charge on any atom is -0.480 e. The molecule has 11 nitrogen and oxygen atoms in total. The summed E-state index contributed by atoms with van der Waals surface area (Å²) in [5, 5.41) is 37.0. The van der Waals surface area contributed by atoms with Crippen molar-refractivity contribution in [2.24, 2.45) is 0 Å². The van der Waals surface area contributed by atoms with Crippen molar-refractivity contribution in [2.75, 3.05) is 26.2 Å². The molecule has 0 amide bonds. The van der Waals surface area contributed by atoms with E-state index >= 15 is 0 Å². The third-order valence-electron chi connectivity index (χ3n) is 6.27. The lowest BCUT2D eigenvalue weighted by atomic mass is 9.98. The second kappa shape index (κ2) is 11.8. The van der Waals surface area contributed by atoms with Crippen molar-refractivity contribution in [1.29, 1.82) is 0 Å². The van der Waals surface area contributed by atoms with E-state index in [1.165, 1.54) is 20.9 Å². The summed E-state index contributed by atoms with van der Waals surface area (Å²) in [5.41, 5.74) is 6.96. The van der Waals surface area contributed by atoms with Crippen LogP contribution < -0.4 is 0 Å². The zero-order valence-electron chi connectivity index (χ0n) is 20.9. The Morgan fingerprint density at radius 2 is 1.10 bits per heavy atom. The van der Waals surface area contributed by atoms with E-state index in [0.29, 0.717) is 17.0 Å². The Labute approximate surface area is 223 Å². The number of nitrogens with zero attached hydrogens (tertiary/aromatic N) is 3. The van der Waals surface area contributed by atoms with Crippen LogP contribution in [-0.2, 0) is 38.7 Å². The van der Waals surface area contributed by atoms with Crippen LogP contribution in [0.2, 0.25) is 0 Å². The van der Waals surface area contributed by atoms with Gasteiger partial charge in [-0.15, -0.1) is 0 Å². The monoisotopic (exact) mass is 533 g/mol. The molecule has 0 unspecified atom stereocenters. The van der Waals surface area contributed by atoms with Gasteiger partial charge in [-0.2, -0.15) is 0 Å². The number of carbonyl (C=O) groups is 4. The standard InChI is InChI=1S/C28H27N3O8/c32-25(33)13-30(14-26(34)35)11-21-9-19(10-22(29-21)12-31(15-27(36)37)16-28(38)39)17-5-6-24-20(7-17)8-18-3-1-2-4-23(18)24/h1-7,9-10H,8,11-16H2,(H,32,33)(H,34,35)(H,36,37)(H,38,39). The van der Waals surface area contributed by atoms with Gasteiger partial charge in [-0.3, -0.25) is 34.0 Å². The van der Waals surface area contributed by atoms with Gasteiger partial charge < -0.3 is 20.4 Å². The highest BCUT2D eigenvalue weighted by Gasteiger charge is 2.21. The highest BCUT2D eigenvalue weighted by molar-refractivity contribution is 5.80. The maximum Gasteiger partial charge on any atom is 0.317 e. The predicted octanol–water partition coefficient (Wildman–Crippen LogP) is 2.26. The third-order valence-corrected chi connectivity index (χ3v) is 6.27. The Kier molecular flexibility index (Phi) is 8.33. The molecule has 0 radical (unpaired) electrons. The lowest BCUT2D eigenvalue weighted by Crippen LogP contribution is -2.35. The fraction of sp³-hybridized carbons (Fsp3) is 0.250. The maximum absolute atomic E-state index is 11.3. The first-order valence-electron chi connectivity index (χ1n) is 12.1. The topological polar surface area (TPSA) is 169 Å². The molecule has 39 heavy (non-hydrogen) atoms. The largest absolute Gasteiger partial charge is 0.480 e. The van der Waals surface area contributed by atoms with Crippen LogP contribution in [0.4, 0.5) is 0 Å². The smallest absolute Gasteiger partial charge is 0.317 e. The number of carboxylic acids is 4. The molecule has 4 N–H and O–H groups in total. The lowest BCUT2D eigenvalue weighted by Gasteiger charge is -2.21. The summed E-state index contributed by atoms with van der Waals surface area (Å²) in [5.74, 6) is -4.78. The van der Waals surface area contributed by atoms with Crippen molar-refractivity contribution in [1.82, 2.24) is 14.8 Å². The molecule has 2 aromatic carbocycles. The highest BCUT2D eigenvalue weighted by atomic mass is 16.4. The van der Waals surface area contributed by atoms with Crippen molar-refractivity contribution in [2.45, 2.75) is 19.5 Å². The molecule has 0 atom stereocenters. The highest BCUT2D eigenvalue weighted by Crippen LogP contribution is 2.38. The van der Waals surface area contributed by atoms with Gasteiger partial charge in [0.05, 0.1) is 37.6 Å². The lowest BCUT2D eigenvalue weighted by molar-refractivity contribution is -0.144. The molecule has 3 aromatic rings. The Morgan fingerprint density at radius 1 is 0.615 bits per heavy atom. The van der Waals surface area contributed by atoms with Crippen molar-refractivity contribution < 1.29 is 39.6 Å². The van der Waals surface area contributed by atoms with E-state index in [0.717, 1.165) is 23.1 Å². The van der Waals surface area contributed by atoms with Gasteiger partial charge in [0, 0.05) is 13.1 Å². The Balaban J connectivity index is 1.72. The quantitative estimate of drug-likeness (QED) is 0.199. The summed E-state index contributed by atoms with van der Waals surface area (Å²) >= 11 is 0. The van der Waals surface area contributed by atoms with Crippen LogP contribution in [0.1, 0.15) is 22.5 Å². The number of aromatic nitrogens is 1. The number of hydrogen-bond acceptors (Lipinski definition) is 7. The van der Waals surface area contributed by atoms with E-state index in [9.17, 15) is 39.6 Å². The van der Waals surface area contributed by atoms with E-state index in [1.54, 1.807) is 12.1 Å². The Bertz CT molecular complexity index is 1350. The van der Waals surface area contributed by atoms with Gasteiger partial charge in [-0.25, -0.2) is 0 Å². The van der Waals surface area contributed by atoms with E-state index in [2.05, 4.69) is 23.2 Å². The van der Waals surface area contributed by atoms with Crippen LogP contribution in [-0.4, -0.2) is 85.3 Å². The second-order valence-corrected chi connectivity index (χ2v) is 9.41. The van der Waals surface area contributed by atoms with Crippen LogP contribution >= 0.6 is 0 Å². The average Bonchev–Trinajstić information content (AvgIpc) is 3.20. The van der Waals surface area contributed by atoms with Crippen LogP contribution in [0.25, 0.3) is 22.3 Å². The van der Waals surface area contributed by atoms with Crippen LogP contribution in [0.3, 0.4) is 0 Å². The molecule has 0 saturated carbocycles. The molecule has 4 rings (SSSR count). The van der Waals surface area contributed by atoms with Crippen LogP contribution in [0, 0.1) is 0 Å². The number of fused-ring (bicyclic) bond motifs is 3. The van der Waals surface area contributed by atoms with E-state index in [-0.39, 0.29) is 13.1 Å². The fourth-order valence-electron chi connectivity index (χ4n) is 4.86. The van der Waals surface area contributed by atoms with Gasteiger partial charge >= 0.3 is 23.9 Å². The molecule has 11 heteroatoms. The van der Waals surface area contributed by atoms with Gasteiger partial charge in [-0.1, -0.05) is 42.5 Å². The van der Waals surface area contributed by atoms with Crippen LogP contribution in [0.15, 0.2) is 54.6 Å². The molecule has 1 aliphatic carbocycles. The average molecular weight is 534 g/mol. The number of benzene rings is 2. The van der Waals surface area contributed by atoms with Crippen LogP contribution in [0.5, 0.6) is 0 Å². The number of rotatable bonds is 13. The van der Waals surface area contributed by atoms with Gasteiger partial charge in [0.1, 0.15) is 0 Å². The minimum atomic E-state index is -1.19. The summed E-state index contributed by atoms with van der Waals surface area (Å²) in [6.07, 6.45) is 0.764. The van der Waals surface area contributed by atoms with E-state index < -0.39 is 50.1 Å². The molecule has 0 fully saturated rings. The zero-order valence-corrected chi connectivity index (χ0v) is 20.9. The van der Waals surface area contributed by atoms with Crippen molar-refractivity contribution in [3.8, 4) is 22.3 Å². The molecule has 0 bridgehead atoms. The van der Waals surface area contributed by atoms with Gasteiger partial charge in [0.2, 0.25) is 0 Å². The van der Waals surface area contributed by atoms with Gasteiger partial charge in [-0.05, 0) is 51.9 Å². The summed E-state index contributed by atoms with van der Waals surface area (Å²) < 4.78 is 0. The van der Waals surface area contributed by atoms with Gasteiger partial charge in [0.15, 0.2) is 0 Å². The summed E-state index contributed by atoms with van der Waals surface area (Å²) in [4.78, 5) is 52.2. The summed E-state index contributed by atoms with van der Waals surface area (Å²) in [6.45, 7) is -2.26. The molecule has 1 heterocycles. The van der Waals surface area contributed by atoms with E-state index in [4.69, 9.17) is 0 Å². The minimum absolute atomic E-state index is 0.0896. The first kappa shape index (κ1) is 27.4. The van der Waals surface area contributed by atoms with Gasteiger partial charge in [0.25, 0.3) is 0 Å². The SMILES string of the molecule is O=C(O)CN(CC(=O)O)Cc1cc(-c2ccc3c(c2)Cc2ccccc2-3)cc(CN(CC(=O)O)CC(=O)O)n1. The Morgan fingerprint density at radius 3 is 1.62 bits per heavy atom. The summed E-state index contributed by atoms with van der Waals surface area (Å²) in [7, 11) is 0. The third kappa shape index (κ3) is 7.24. The molecule has 0 spiro atoms. The normalized spacial score (nSPS) is 11.8. The zero-order chi connectivity index (χ0) is 28.1.